The third-order valence-corrected chi connectivity index (χ3v) is 4.52. The summed E-state index contributed by atoms with van der Waals surface area (Å²) in [6.07, 6.45) is 2.68. The molecule has 9 heteroatoms. The van der Waals surface area contributed by atoms with Gasteiger partial charge < -0.3 is 14.4 Å². The Bertz CT molecular complexity index is 753. The molecule has 0 bridgehead atoms. The fraction of sp³-hybridized carbons (Fsp3) is 0.438. The van der Waals surface area contributed by atoms with E-state index in [2.05, 4.69) is 10.3 Å². The fourth-order valence-corrected chi connectivity index (χ4v) is 3.18. The third-order valence-electron chi connectivity index (χ3n) is 3.99. The van der Waals surface area contributed by atoms with Crippen LogP contribution < -0.4 is 4.74 Å². The highest BCUT2D eigenvalue weighted by Crippen LogP contribution is 2.28. The zero-order valence-corrected chi connectivity index (χ0v) is 15.2. The van der Waals surface area contributed by atoms with Crippen molar-refractivity contribution in [1.82, 2.24) is 19.9 Å². The maximum atomic E-state index is 12.3. The Morgan fingerprint density at radius 2 is 2.24 bits per heavy atom. The molecule has 0 radical (unpaired) electrons. The van der Waals surface area contributed by atoms with Gasteiger partial charge in [-0.3, -0.25) is 4.79 Å². The summed E-state index contributed by atoms with van der Waals surface area (Å²) in [7, 11) is 1.61. The second-order valence-electron chi connectivity index (χ2n) is 5.77. The number of nitrogens with zero attached hydrogens (tertiary/aromatic N) is 4. The topological polar surface area (TPSA) is 69.5 Å². The monoisotopic (exact) mass is 384 g/mol. The number of carbonyl (C=O) groups excluding carboxylic acids is 1. The number of benzene rings is 1. The average molecular weight is 385 g/mol. The van der Waals surface area contributed by atoms with Crippen molar-refractivity contribution in [1.29, 1.82) is 0 Å². The van der Waals surface area contributed by atoms with Gasteiger partial charge in [-0.15, -0.1) is 5.10 Å². The number of hydrogen-bond donors (Lipinski definition) is 0. The molecular formula is C16H18Cl2N4O3. The van der Waals surface area contributed by atoms with Crippen LogP contribution in [0, 0.1) is 0 Å². The zero-order valence-electron chi connectivity index (χ0n) is 13.7. The fourth-order valence-electron chi connectivity index (χ4n) is 2.71. The quantitative estimate of drug-likeness (QED) is 0.765. The summed E-state index contributed by atoms with van der Waals surface area (Å²) < 4.78 is 12.3. The molecule has 1 aromatic heterocycles. The van der Waals surface area contributed by atoms with Crippen molar-refractivity contribution in [3.63, 3.8) is 0 Å². The summed E-state index contributed by atoms with van der Waals surface area (Å²) in [6.45, 7) is 1.58. The van der Waals surface area contributed by atoms with Crippen molar-refractivity contribution >= 4 is 29.1 Å². The first-order valence-electron chi connectivity index (χ1n) is 7.82. The highest BCUT2D eigenvalue weighted by molar-refractivity contribution is 6.35. The molecule has 0 unspecified atom stereocenters. The number of ether oxygens (including phenoxy) is 2. The van der Waals surface area contributed by atoms with Crippen LogP contribution in [-0.4, -0.2) is 52.6 Å². The lowest BCUT2D eigenvalue weighted by molar-refractivity contribution is -0.132. The van der Waals surface area contributed by atoms with Gasteiger partial charge in [0.2, 0.25) is 0 Å². The van der Waals surface area contributed by atoms with Crippen molar-refractivity contribution in [2.45, 2.75) is 19.1 Å². The number of rotatable bonds is 6. The van der Waals surface area contributed by atoms with E-state index in [0.29, 0.717) is 35.5 Å². The lowest BCUT2D eigenvalue weighted by Crippen LogP contribution is -2.33. The molecule has 1 fully saturated rings. The maximum Gasteiger partial charge on any atom is 0.260 e. The minimum atomic E-state index is -0.0919. The van der Waals surface area contributed by atoms with Crippen LogP contribution in [0.1, 0.15) is 18.2 Å². The van der Waals surface area contributed by atoms with Crippen molar-refractivity contribution in [2.75, 3.05) is 26.8 Å². The predicted molar refractivity (Wildman–Crippen MR) is 92.9 cm³/mol. The van der Waals surface area contributed by atoms with E-state index >= 15 is 0 Å². The van der Waals surface area contributed by atoms with E-state index in [1.165, 1.54) is 0 Å². The van der Waals surface area contributed by atoms with Crippen molar-refractivity contribution in [3.05, 3.63) is 40.1 Å². The summed E-state index contributed by atoms with van der Waals surface area (Å²) in [5.41, 5.74) is 0.771. The Kier molecular flexibility index (Phi) is 5.78. The molecule has 3 rings (SSSR count). The van der Waals surface area contributed by atoms with Gasteiger partial charge in [0.15, 0.2) is 6.61 Å². The minimum Gasteiger partial charge on any atom is -0.482 e. The SMILES string of the molecule is COCc1cn([C@H]2CCN(C(=O)COc3ccc(Cl)cc3Cl)C2)nn1. The first-order valence-corrected chi connectivity index (χ1v) is 8.57. The molecule has 1 aliphatic heterocycles. The molecule has 1 aromatic carbocycles. The van der Waals surface area contributed by atoms with E-state index in [1.807, 2.05) is 6.20 Å². The highest BCUT2D eigenvalue weighted by Gasteiger charge is 2.28. The molecule has 1 amide bonds. The van der Waals surface area contributed by atoms with Gasteiger partial charge in [0.05, 0.1) is 23.9 Å². The largest absolute Gasteiger partial charge is 0.482 e. The summed E-state index contributed by atoms with van der Waals surface area (Å²) in [6, 6.07) is 5.01. The molecular weight excluding hydrogens is 367 g/mol. The van der Waals surface area contributed by atoms with E-state index in [4.69, 9.17) is 32.7 Å². The van der Waals surface area contributed by atoms with Crippen molar-refractivity contribution < 1.29 is 14.3 Å². The van der Waals surface area contributed by atoms with Crippen LogP contribution in [0.3, 0.4) is 0 Å². The number of likely N-dealkylation sites (tertiary alicyclic amines) is 1. The van der Waals surface area contributed by atoms with Crippen molar-refractivity contribution in [2.24, 2.45) is 0 Å². The average Bonchev–Trinajstić information content (AvgIpc) is 3.23. The van der Waals surface area contributed by atoms with E-state index < -0.39 is 0 Å². The number of aromatic nitrogens is 3. The second-order valence-corrected chi connectivity index (χ2v) is 6.61. The van der Waals surface area contributed by atoms with Gasteiger partial charge in [-0.25, -0.2) is 4.68 Å². The van der Waals surface area contributed by atoms with Crippen LogP contribution in [0.5, 0.6) is 5.75 Å². The van der Waals surface area contributed by atoms with Gasteiger partial charge in [-0.05, 0) is 24.6 Å². The van der Waals surface area contributed by atoms with Gasteiger partial charge in [-0.2, -0.15) is 0 Å². The Labute approximate surface area is 155 Å². The van der Waals surface area contributed by atoms with Gasteiger partial charge in [0, 0.05) is 25.2 Å². The Morgan fingerprint density at radius 3 is 3.00 bits per heavy atom. The highest BCUT2D eigenvalue weighted by atomic mass is 35.5. The Hall–Kier alpha value is -1.83. The summed E-state index contributed by atoms with van der Waals surface area (Å²) in [5, 5.41) is 9.06. The smallest absolute Gasteiger partial charge is 0.260 e. The van der Waals surface area contributed by atoms with Gasteiger partial charge >= 0.3 is 0 Å². The molecule has 1 saturated heterocycles. The van der Waals surface area contributed by atoms with Gasteiger partial charge in [0.25, 0.3) is 5.91 Å². The molecule has 0 aliphatic carbocycles. The molecule has 2 heterocycles. The second kappa shape index (κ2) is 8.03. The van der Waals surface area contributed by atoms with E-state index in [0.717, 1.165) is 12.1 Å². The maximum absolute atomic E-state index is 12.3. The van der Waals surface area contributed by atoms with Crippen molar-refractivity contribution in [3.8, 4) is 5.75 Å². The normalized spacial score (nSPS) is 17.1. The van der Waals surface area contributed by atoms with Gasteiger partial charge in [0.1, 0.15) is 11.4 Å². The standard InChI is InChI=1S/C16H18Cl2N4O3/c1-24-9-12-7-22(20-19-12)13-4-5-21(8-13)16(23)10-25-15-3-2-11(17)6-14(15)18/h2-3,6-7,13H,4-5,8-10H2,1H3/t13-/m0/s1. The molecule has 25 heavy (non-hydrogen) atoms. The zero-order chi connectivity index (χ0) is 17.8. The van der Waals surface area contributed by atoms with Crippen LogP contribution in [-0.2, 0) is 16.1 Å². The number of hydrogen-bond acceptors (Lipinski definition) is 5. The lowest BCUT2D eigenvalue weighted by atomic mass is 10.3. The number of halogens is 2. The molecule has 0 N–H and O–H groups in total. The van der Waals surface area contributed by atoms with Crippen LogP contribution >= 0.6 is 23.2 Å². The number of carbonyl (C=O) groups is 1. The molecule has 1 aliphatic rings. The number of methoxy groups -OCH3 is 1. The minimum absolute atomic E-state index is 0.0691. The Morgan fingerprint density at radius 1 is 1.40 bits per heavy atom. The van der Waals surface area contributed by atoms with Gasteiger partial charge in [-0.1, -0.05) is 28.4 Å². The lowest BCUT2D eigenvalue weighted by Gasteiger charge is -2.17. The number of amides is 1. The summed E-state index contributed by atoms with van der Waals surface area (Å²) in [5.74, 6) is 0.349. The van der Waals surface area contributed by atoms with E-state index in [9.17, 15) is 4.79 Å². The van der Waals surface area contributed by atoms with Crippen LogP contribution in [0.25, 0.3) is 0 Å². The van der Waals surface area contributed by atoms with Crippen LogP contribution in [0.4, 0.5) is 0 Å². The van der Waals surface area contributed by atoms with Crippen LogP contribution in [0.2, 0.25) is 10.0 Å². The first kappa shape index (κ1) is 18.0. The summed E-state index contributed by atoms with van der Waals surface area (Å²) in [4.78, 5) is 14.1. The Balaban J connectivity index is 1.53. The molecule has 0 spiro atoms. The third kappa shape index (κ3) is 4.42. The first-order chi connectivity index (χ1) is 12.1. The molecule has 2 aromatic rings. The molecule has 7 nitrogen and oxygen atoms in total. The van der Waals surface area contributed by atoms with E-state index in [1.54, 1.807) is 34.9 Å². The van der Waals surface area contributed by atoms with E-state index in [-0.39, 0.29) is 18.6 Å². The summed E-state index contributed by atoms with van der Waals surface area (Å²) >= 11 is 11.9. The van der Waals surface area contributed by atoms with Crippen LogP contribution in [0.15, 0.2) is 24.4 Å². The predicted octanol–water partition coefficient (Wildman–Crippen LogP) is 2.58. The molecule has 134 valence electrons. The molecule has 1 atom stereocenters. The molecule has 0 saturated carbocycles.